The maximum atomic E-state index is 5.86. The van der Waals surface area contributed by atoms with Gasteiger partial charge in [0.2, 0.25) is 0 Å². The van der Waals surface area contributed by atoms with Gasteiger partial charge in [-0.15, -0.1) is 0 Å². The van der Waals surface area contributed by atoms with Crippen molar-refractivity contribution in [2.45, 2.75) is 31.7 Å². The van der Waals surface area contributed by atoms with Crippen molar-refractivity contribution in [3.8, 4) is 11.3 Å². The number of benzene rings is 1. The average molecular weight is 447 g/mol. The summed E-state index contributed by atoms with van der Waals surface area (Å²) in [5.41, 5.74) is 1.09. The van der Waals surface area contributed by atoms with E-state index in [9.17, 15) is 0 Å². The minimum Gasteiger partial charge on any atom is -0.441 e. The van der Waals surface area contributed by atoms with Crippen molar-refractivity contribution in [1.82, 2.24) is 10.3 Å². The van der Waals surface area contributed by atoms with Crippen molar-refractivity contribution < 1.29 is 4.42 Å². The first-order valence-corrected chi connectivity index (χ1v) is 8.73. The maximum Gasteiger partial charge on any atom is 0.194 e. The number of oxazole rings is 1. The molecule has 1 heterocycles. The second-order valence-electron chi connectivity index (χ2n) is 5.07. The summed E-state index contributed by atoms with van der Waals surface area (Å²) in [7, 11) is 0. The number of nitrogens with one attached hydrogen (secondary N) is 1. The van der Waals surface area contributed by atoms with E-state index in [1.165, 1.54) is 16.4 Å². The SMILES string of the molecule is Brc1ccc(I)c(-c2cnc(CCCNC3CC3)o2)c1. The van der Waals surface area contributed by atoms with Crippen molar-refractivity contribution in [1.29, 1.82) is 0 Å². The standard InChI is InChI=1S/C15H16BrIN2O/c16-10-3-6-13(17)12(8-10)14-9-19-15(20-14)2-1-7-18-11-4-5-11/h3,6,8-9,11,18H,1-2,4-5,7H2. The lowest BCUT2D eigenvalue weighted by Gasteiger charge is -2.02. The molecule has 0 spiro atoms. The van der Waals surface area contributed by atoms with Gasteiger partial charge in [-0.2, -0.15) is 0 Å². The Balaban J connectivity index is 1.61. The number of aromatic nitrogens is 1. The summed E-state index contributed by atoms with van der Waals surface area (Å²) in [6.07, 6.45) is 6.47. The Kier molecular flexibility index (Phi) is 4.78. The third-order valence-corrected chi connectivity index (χ3v) is 4.76. The highest BCUT2D eigenvalue weighted by Crippen LogP contribution is 2.29. The molecule has 3 nitrogen and oxygen atoms in total. The van der Waals surface area contributed by atoms with E-state index in [1.54, 1.807) is 0 Å². The van der Waals surface area contributed by atoms with Crippen LogP contribution in [0.1, 0.15) is 25.2 Å². The topological polar surface area (TPSA) is 38.1 Å². The molecule has 1 aromatic heterocycles. The van der Waals surface area contributed by atoms with Gasteiger partial charge in [0.25, 0.3) is 0 Å². The van der Waals surface area contributed by atoms with E-state index in [2.05, 4.69) is 61.0 Å². The summed E-state index contributed by atoms with van der Waals surface area (Å²) in [6, 6.07) is 6.95. The van der Waals surface area contributed by atoms with Gasteiger partial charge in [-0.3, -0.25) is 0 Å². The largest absolute Gasteiger partial charge is 0.441 e. The summed E-state index contributed by atoms with van der Waals surface area (Å²) in [5.74, 6) is 1.68. The Hall–Kier alpha value is -0.400. The minimum atomic E-state index is 0.776. The summed E-state index contributed by atoms with van der Waals surface area (Å²) in [6.45, 7) is 1.05. The van der Waals surface area contributed by atoms with Crippen LogP contribution in [0, 0.1) is 3.57 Å². The van der Waals surface area contributed by atoms with E-state index in [0.717, 1.165) is 47.1 Å². The second-order valence-corrected chi connectivity index (χ2v) is 7.15. The van der Waals surface area contributed by atoms with Crippen LogP contribution in [0.5, 0.6) is 0 Å². The Bertz CT molecular complexity index is 595. The van der Waals surface area contributed by atoms with Gasteiger partial charge in [0.15, 0.2) is 11.7 Å². The van der Waals surface area contributed by atoms with Crippen LogP contribution < -0.4 is 5.32 Å². The van der Waals surface area contributed by atoms with Crippen molar-refractivity contribution in [2.24, 2.45) is 0 Å². The van der Waals surface area contributed by atoms with Gasteiger partial charge in [0, 0.05) is 26.1 Å². The summed E-state index contributed by atoms with van der Waals surface area (Å²) in [4.78, 5) is 4.38. The summed E-state index contributed by atoms with van der Waals surface area (Å²) < 4.78 is 8.09. The van der Waals surface area contributed by atoms with Crippen molar-refractivity contribution >= 4 is 38.5 Å². The predicted molar refractivity (Wildman–Crippen MR) is 91.7 cm³/mol. The molecule has 1 N–H and O–H groups in total. The van der Waals surface area contributed by atoms with Crippen LogP contribution in [0.4, 0.5) is 0 Å². The van der Waals surface area contributed by atoms with Crippen LogP contribution in [0.25, 0.3) is 11.3 Å². The molecule has 1 aromatic carbocycles. The smallest absolute Gasteiger partial charge is 0.194 e. The van der Waals surface area contributed by atoms with Crippen LogP contribution in [0.15, 0.2) is 33.3 Å². The number of hydrogen-bond acceptors (Lipinski definition) is 3. The second kappa shape index (κ2) is 6.58. The van der Waals surface area contributed by atoms with E-state index in [1.807, 2.05) is 12.3 Å². The molecular formula is C15H16BrIN2O. The Morgan fingerprint density at radius 2 is 2.25 bits per heavy atom. The zero-order chi connectivity index (χ0) is 13.9. The van der Waals surface area contributed by atoms with Crippen LogP contribution >= 0.6 is 38.5 Å². The third-order valence-electron chi connectivity index (χ3n) is 3.33. The Morgan fingerprint density at radius 3 is 3.05 bits per heavy atom. The average Bonchev–Trinajstić information content (AvgIpc) is 3.15. The van der Waals surface area contributed by atoms with Gasteiger partial charge in [0.05, 0.1) is 6.20 Å². The van der Waals surface area contributed by atoms with Crippen LogP contribution in [-0.4, -0.2) is 17.6 Å². The molecule has 1 saturated carbocycles. The maximum absolute atomic E-state index is 5.86. The third kappa shape index (κ3) is 3.83. The molecular weight excluding hydrogens is 431 g/mol. The van der Waals surface area contributed by atoms with Crippen LogP contribution in [0.3, 0.4) is 0 Å². The number of halogens is 2. The fourth-order valence-electron chi connectivity index (χ4n) is 2.07. The summed E-state index contributed by atoms with van der Waals surface area (Å²) in [5, 5.41) is 3.51. The molecule has 1 aliphatic rings. The lowest BCUT2D eigenvalue weighted by molar-refractivity contribution is 0.491. The highest BCUT2D eigenvalue weighted by Gasteiger charge is 2.19. The highest BCUT2D eigenvalue weighted by atomic mass is 127. The van der Waals surface area contributed by atoms with E-state index < -0.39 is 0 Å². The lowest BCUT2D eigenvalue weighted by atomic mass is 10.2. The van der Waals surface area contributed by atoms with Crippen molar-refractivity contribution in [3.05, 3.63) is 38.3 Å². The minimum absolute atomic E-state index is 0.776. The van der Waals surface area contributed by atoms with E-state index in [0.29, 0.717) is 0 Å². The van der Waals surface area contributed by atoms with E-state index >= 15 is 0 Å². The van der Waals surface area contributed by atoms with Gasteiger partial charge < -0.3 is 9.73 Å². The zero-order valence-electron chi connectivity index (χ0n) is 11.0. The fourth-order valence-corrected chi connectivity index (χ4v) is 3.03. The highest BCUT2D eigenvalue weighted by molar-refractivity contribution is 14.1. The van der Waals surface area contributed by atoms with Gasteiger partial charge in [-0.05, 0) is 66.6 Å². The molecule has 106 valence electrons. The quantitative estimate of drug-likeness (QED) is 0.528. The molecule has 0 radical (unpaired) electrons. The first-order valence-electron chi connectivity index (χ1n) is 6.86. The van der Waals surface area contributed by atoms with E-state index in [-0.39, 0.29) is 0 Å². The Labute approximate surface area is 140 Å². The normalized spacial score (nSPS) is 14.7. The molecule has 0 unspecified atom stereocenters. The van der Waals surface area contributed by atoms with Crippen molar-refractivity contribution in [2.75, 3.05) is 6.54 Å². The zero-order valence-corrected chi connectivity index (χ0v) is 14.8. The van der Waals surface area contributed by atoms with Gasteiger partial charge in [0.1, 0.15) is 0 Å². The monoisotopic (exact) mass is 446 g/mol. The number of rotatable bonds is 6. The van der Waals surface area contributed by atoms with Crippen LogP contribution in [0.2, 0.25) is 0 Å². The first-order chi connectivity index (χ1) is 9.72. The van der Waals surface area contributed by atoms with Gasteiger partial charge in [-0.1, -0.05) is 15.9 Å². The molecule has 0 amide bonds. The van der Waals surface area contributed by atoms with E-state index in [4.69, 9.17) is 4.42 Å². The molecule has 0 bridgehead atoms. The van der Waals surface area contributed by atoms with Gasteiger partial charge in [-0.25, -0.2) is 4.98 Å². The summed E-state index contributed by atoms with van der Waals surface area (Å²) >= 11 is 5.82. The molecule has 0 aliphatic heterocycles. The molecule has 0 atom stereocenters. The predicted octanol–water partition coefficient (Wildman–Crippen LogP) is 4.39. The number of hydrogen-bond donors (Lipinski definition) is 1. The molecule has 5 heteroatoms. The molecule has 3 rings (SSSR count). The molecule has 20 heavy (non-hydrogen) atoms. The molecule has 0 saturated heterocycles. The first kappa shape index (κ1) is 14.5. The molecule has 2 aromatic rings. The molecule has 1 fully saturated rings. The molecule has 1 aliphatic carbocycles. The fraction of sp³-hybridized carbons (Fsp3) is 0.400. The number of aryl methyl sites for hydroxylation is 1. The van der Waals surface area contributed by atoms with Gasteiger partial charge >= 0.3 is 0 Å². The Morgan fingerprint density at radius 1 is 1.40 bits per heavy atom. The lowest BCUT2D eigenvalue weighted by Crippen LogP contribution is -2.17. The number of nitrogens with zero attached hydrogens (tertiary/aromatic N) is 1. The van der Waals surface area contributed by atoms with Crippen molar-refractivity contribution in [3.63, 3.8) is 0 Å². The van der Waals surface area contributed by atoms with Crippen LogP contribution in [-0.2, 0) is 6.42 Å².